The third-order valence-corrected chi connectivity index (χ3v) is 6.94. The van der Waals surface area contributed by atoms with Crippen LogP contribution in [0.1, 0.15) is 27.7 Å². The highest BCUT2D eigenvalue weighted by Crippen LogP contribution is 2.27. The summed E-state index contributed by atoms with van der Waals surface area (Å²) in [6.45, 7) is 7.47. The van der Waals surface area contributed by atoms with E-state index in [9.17, 15) is 13.2 Å². The van der Waals surface area contributed by atoms with Crippen LogP contribution >= 0.6 is 11.8 Å². The van der Waals surface area contributed by atoms with Crippen molar-refractivity contribution in [1.82, 2.24) is 13.5 Å². The molecule has 0 aromatic carbocycles. The van der Waals surface area contributed by atoms with E-state index in [0.717, 1.165) is 0 Å². The van der Waals surface area contributed by atoms with Gasteiger partial charge in [0, 0.05) is 31.9 Å². The van der Waals surface area contributed by atoms with Crippen LogP contribution < -0.4 is 0 Å². The molecule has 0 aliphatic carbocycles. The first-order valence-electron chi connectivity index (χ1n) is 6.70. The highest BCUT2D eigenvalue weighted by atomic mass is 32.2. The van der Waals surface area contributed by atoms with Gasteiger partial charge < -0.3 is 4.90 Å². The maximum Gasteiger partial charge on any atom is 0.283 e. The van der Waals surface area contributed by atoms with Crippen molar-refractivity contribution in [2.24, 2.45) is 0 Å². The Hall–Kier alpha value is -0.310. The van der Waals surface area contributed by atoms with Gasteiger partial charge in [-0.05, 0) is 27.7 Å². The number of hydrogen-bond donors (Lipinski definition) is 0. The molecule has 118 valence electrons. The molecule has 1 atom stereocenters. The lowest BCUT2D eigenvalue weighted by Crippen LogP contribution is -2.53. The van der Waals surface area contributed by atoms with Crippen molar-refractivity contribution in [2.75, 3.05) is 25.7 Å². The summed E-state index contributed by atoms with van der Waals surface area (Å²) in [6, 6.07) is -0.678. The Bertz CT molecular complexity index is 451. The number of nitrogens with zero attached hydrogens (tertiary/aromatic N) is 3. The quantitative estimate of drug-likeness (QED) is 0.751. The highest BCUT2D eigenvalue weighted by Gasteiger charge is 2.42. The second kappa shape index (κ2) is 6.64. The first kappa shape index (κ1) is 17.7. The zero-order valence-electron chi connectivity index (χ0n) is 13.0. The minimum Gasteiger partial charge on any atom is -0.342 e. The Morgan fingerprint density at radius 1 is 1.20 bits per heavy atom. The zero-order valence-corrected chi connectivity index (χ0v) is 14.7. The average Bonchev–Trinajstić information content (AvgIpc) is 2.85. The molecule has 1 aliphatic rings. The lowest BCUT2D eigenvalue weighted by Gasteiger charge is -2.32. The molecule has 0 bridgehead atoms. The van der Waals surface area contributed by atoms with Crippen LogP contribution in [0.2, 0.25) is 0 Å². The summed E-state index contributed by atoms with van der Waals surface area (Å²) in [5.74, 6) is 0.716. The molecule has 0 aromatic heterocycles. The normalized spacial score (nSPS) is 21.1. The first-order valence-corrected chi connectivity index (χ1v) is 9.25. The van der Waals surface area contributed by atoms with E-state index in [4.69, 9.17) is 0 Å². The zero-order chi connectivity index (χ0) is 15.7. The van der Waals surface area contributed by atoms with Gasteiger partial charge in [-0.1, -0.05) is 0 Å². The van der Waals surface area contributed by atoms with Gasteiger partial charge >= 0.3 is 0 Å². The number of carbonyl (C=O) groups is 1. The molecular formula is C12H25N3O3S2. The Morgan fingerprint density at radius 3 is 2.20 bits per heavy atom. The van der Waals surface area contributed by atoms with E-state index in [1.807, 2.05) is 27.7 Å². The van der Waals surface area contributed by atoms with Crippen LogP contribution in [0.5, 0.6) is 0 Å². The van der Waals surface area contributed by atoms with Crippen molar-refractivity contribution in [3.63, 3.8) is 0 Å². The molecule has 1 heterocycles. The molecule has 0 radical (unpaired) electrons. The summed E-state index contributed by atoms with van der Waals surface area (Å²) in [7, 11) is -0.326. The molecule has 0 aromatic rings. The van der Waals surface area contributed by atoms with Gasteiger partial charge in [0.2, 0.25) is 5.91 Å². The SMILES string of the molecule is CC(C)N(C)C(=O)[C@@H]1CSCN1S(=O)(=O)N(C)C(C)C. The predicted molar refractivity (Wildman–Crippen MR) is 82.7 cm³/mol. The molecule has 6 nitrogen and oxygen atoms in total. The molecular weight excluding hydrogens is 298 g/mol. The Morgan fingerprint density at radius 2 is 1.75 bits per heavy atom. The van der Waals surface area contributed by atoms with E-state index >= 15 is 0 Å². The molecule has 0 unspecified atom stereocenters. The van der Waals surface area contributed by atoms with Crippen LogP contribution in [0, 0.1) is 0 Å². The molecule has 8 heteroatoms. The van der Waals surface area contributed by atoms with Crippen LogP contribution in [0.3, 0.4) is 0 Å². The Labute approximate surface area is 126 Å². The summed E-state index contributed by atoms with van der Waals surface area (Å²) in [5.41, 5.74) is 0. The van der Waals surface area contributed by atoms with E-state index in [0.29, 0.717) is 11.6 Å². The van der Waals surface area contributed by atoms with Crippen molar-refractivity contribution in [1.29, 1.82) is 0 Å². The molecule has 1 saturated heterocycles. The van der Waals surface area contributed by atoms with Gasteiger partial charge in [-0.25, -0.2) is 0 Å². The number of thioether (sulfide) groups is 1. The molecule has 20 heavy (non-hydrogen) atoms. The maximum absolute atomic E-state index is 12.5. The van der Waals surface area contributed by atoms with Gasteiger partial charge in [0.25, 0.3) is 10.2 Å². The first-order chi connectivity index (χ1) is 9.10. The van der Waals surface area contributed by atoms with Gasteiger partial charge in [0.05, 0.1) is 5.88 Å². The fourth-order valence-corrected chi connectivity index (χ4v) is 4.98. The van der Waals surface area contributed by atoms with E-state index in [2.05, 4.69) is 0 Å². The number of amides is 1. The summed E-state index contributed by atoms with van der Waals surface area (Å²) in [5, 5.41) is 0. The van der Waals surface area contributed by atoms with Crippen LogP contribution in [0.25, 0.3) is 0 Å². The fraction of sp³-hybridized carbons (Fsp3) is 0.917. The largest absolute Gasteiger partial charge is 0.342 e. The standard InChI is InChI=1S/C12H25N3O3S2/c1-9(2)13(5)12(16)11-7-19-8-15(11)20(17,18)14(6)10(3)4/h9-11H,7-8H2,1-6H3/t11-/m0/s1. The third kappa shape index (κ3) is 3.47. The van der Waals surface area contributed by atoms with E-state index < -0.39 is 16.3 Å². The Balaban J connectivity index is 2.98. The number of rotatable bonds is 5. The van der Waals surface area contributed by atoms with E-state index in [-0.39, 0.29) is 18.0 Å². The maximum atomic E-state index is 12.5. The van der Waals surface area contributed by atoms with Crippen LogP contribution in [-0.4, -0.2) is 71.7 Å². The molecule has 0 N–H and O–H groups in total. The lowest BCUT2D eigenvalue weighted by molar-refractivity contribution is -0.134. The smallest absolute Gasteiger partial charge is 0.283 e. The molecule has 1 amide bonds. The molecule has 0 spiro atoms. The van der Waals surface area contributed by atoms with Crippen LogP contribution in [0.15, 0.2) is 0 Å². The van der Waals surface area contributed by atoms with Crippen molar-refractivity contribution < 1.29 is 13.2 Å². The van der Waals surface area contributed by atoms with Crippen LogP contribution in [-0.2, 0) is 15.0 Å². The third-order valence-electron chi connectivity index (χ3n) is 3.64. The summed E-state index contributed by atoms with van der Waals surface area (Å²) in [6.07, 6.45) is 0. The van der Waals surface area contributed by atoms with Gasteiger partial charge in [-0.3, -0.25) is 4.79 Å². The monoisotopic (exact) mass is 323 g/mol. The Kier molecular flexibility index (Phi) is 5.89. The van der Waals surface area contributed by atoms with Crippen molar-refractivity contribution in [3.05, 3.63) is 0 Å². The molecule has 1 fully saturated rings. The van der Waals surface area contributed by atoms with Crippen LogP contribution in [0.4, 0.5) is 0 Å². The number of hydrogen-bond acceptors (Lipinski definition) is 4. The summed E-state index contributed by atoms with van der Waals surface area (Å²) in [4.78, 5) is 14.0. The highest BCUT2D eigenvalue weighted by molar-refractivity contribution is 8.00. The van der Waals surface area contributed by atoms with Gasteiger partial charge in [-0.15, -0.1) is 11.8 Å². The second-order valence-corrected chi connectivity index (χ2v) is 8.50. The molecule has 1 aliphatic heterocycles. The number of carbonyl (C=O) groups excluding carboxylic acids is 1. The predicted octanol–water partition coefficient (Wildman–Crippen LogP) is 0.813. The minimum atomic E-state index is -3.59. The topological polar surface area (TPSA) is 60.9 Å². The van der Waals surface area contributed by atoms with Gasteiger partial charge in [0.15, 0.2) is 0 Å². The van der Waals surface area contributed by atoms with E-state index in [1.54, 1.807) is 19.0 Å². The molecule has 0 saturated carbocycles. The van der Waals surface area contributed by atoms with Crippen molar-refractivity contribution in [2.45, 2.75) is 45.8 Å². The van der Waals surface area contributed by atoms with Gasteiger partial charge in [-0.2, -0.15) is 17.0 Å². The van der Waals surface area contributed by atoms with Crippen molar-refractivity contribution in [3.8, 4) is 0 Å². The van der Waals surface area contributed by atoms with Gasteiger partial charge in [0.1, 0.15) is 6.04 Å². The second-order valence-electron chi connectivity index (χ2n) is 5.56. The number of likely N-dealkylation sites (N-methyl/N-ethyl adjacent to an activating group) is 1. The molecule has 1 rings (SSSR count). The lowest BCUT2D eigenvalue weighted by atomic mass is 10.2. The summed E-state index contributed by atoms with van der Waals surface area (Å²) >= 11 is 1.48. The fourth-order valence-electron chi connectivity index (χ4n) is 1.77. The van der Waals surface area contributed by atoms with E-state index in [1.165, 1.54) is 20.4 Å². The summed E-state index contributed by atoms with van der Waals surface area (Å²) < 4.78 is 27.7. The average molecular weight is 323 g/mol. The van der Waals surface area contributed by atoms with Crippen molar-refractivity contribution >= 4 is 27.9 Å². The minimum absolute atomic E-state index is 0.0560.